The van der Waals surface area contributed by atoms with Gasteiger partial charge >= 0.3 is 0 Å². The summed E-state index contributed by atoms with van der Waals surface area (Å²) in [5.41, 5.74) is 4.23. The fraction of sp³-hybridized carbons (Fsp3) is 0.312. The molecule has 0 bridgehead atoms. The lowest BCUT2D eigenvalue weighted by Crippen LogP contribution is -2.03. The fourth-order valence-electron chi connectivity index (χ4n) is 2.15. The third-order valence-corrected chi connectivity index (χ3v) is 3.43. The van der Waals surface area contributed by atoms with Crippen LogP contribution in [0.1, 0.15) is 36.7 Å². The summed E-state index contributed by atoms with van der Waals surface area (Å²) in [5.74, 6) is 1.25. The van der Waals surface area contributed by atoms with E-state index < -0.39 is 0 Å². The number of anilines is 1. The van der Waals surface area contributed by atoms with Gasteiger partial charge < -0.3 is 5.32 Å². The lowest BCUT2D eigenvalue weighted by molar-refractivity contribution is 0.787. The van der Waals surface area contributed by atoms with Crippen LogP contribution >= 0.6 is 0 Å². The Balaban J connectivity index is 1.84. The Morgan fingerprint density at radius 1 is 1.24 bits per heavy atom. The largest absolute Gasteiger partial charge is 0.364 e. The van der Waals surface area contributed by atoms with Crippen molar-refractivity contribution in [3.63, 3.8) is 0 Å². The van der Waals surface area contributed by atoms with Crippen molar-refractivity contribution in [2.75, 3.05) is 5.32 Å². The maximum Gasteiger partial charge on any atom is 0.152 e. The van der Waals surface area contributed by atoms with Crippen molar-refractivity contribution >= 4 is 11.3 Å². The average Bonchev–Trinajstić information content (AvgIpc) is 2.91. The fourth-order valence-corrected chi connectivity index (χ4v) is 2.15. The second-order valence-electron chi connectivity index (χ2n) is 5.49. The van der Waals surface area contributed by atoms with E-state index in [0.717, 1.165) is 28.3 Å². The highest BCUT2D eigenvalue weighted by molar-refractivity contribution is 5.67. The van der Waals surface area contributed by atoms with Gasteiger partial charge in [-0.2, -0.15) is 5.10 Å². The molecule has 0 atom stereocenters. The van der Waals surface area contributed by atoms with Gasteiger partial charge in [0, 0.05) is 30.8 Å². The Bertz CT molecular complexity index is 743. The molecule has 0 amide bonds. The van der Waals surface area contributed by atoms with E-state index in [2.05, 4.69) is 46.4 Å². The number of rotatable bonds is 4. The normalized spacial score (nSPS) is 11.2. The number of hydrogen-bond acceptors (Lipinski definition) is 4. The molecule has 3 aromatic heterocycles. The third-order valence-electron chi connectivity index (χ3n) is 3.43. The molecule has 0 fully saturated rings. The molecular weight excluding hydrogens is 262 g/mol. The molecule has 3 rings (SSSR count). The van der Waals surface area contributed by atoms with E-state index >= 15 is 0 Å². The predicted octanol–water partition coefficient (Wildman–Crippen LogP) is 3.17. The first-order chi connectivity index (χ1) is 10.1. The molecule has 0 radical (unpaired) electrons. The lowest BCUT2D eigenvalue weighted by Gasteiger charge is -2.06. The Kier molecular flexibility index (Phi) is 3.56. The van der Waals surface area contributed by atoms with Gasteiger partial charge in [0.1, 0.15) is 5.52 Å². The second-order valence-corrected chi connectivity index (χ2v) is 5.49. The van der Waals surface area contributed by atoms with Gasteiger partial charge in [-0.05, 0) is 30.5 Å². The minimum Gasteiger partial charge on any atom is -0.364 e. The van der Waals surface area contributed by atoms with Crippen LogP contribution in [0.15, 0.2) is 36.8 Å². The van der Waals surface area contributed by atoms with Gasteiger partial charge in [0.15, 0.2) is 5.82 Å². The zero-order valence-corrected chi connectivity index (χ0v) is 12.5. The highest BCUT2D eigenvalue weighted by atomic mass is 15.2. The highest BCUT2D eigenvalue weighted by Gasteiger charge is 2.09. The Morgan fingerprint density at radius 2 is 2.10 bits per heavy atom. The van der Waals surface area contributed by atoms with Crippen molar-refractivity contribution in [3.8, 4) is 0 Å². The van der Waals surface area contributed by atoms with Gasteiger partial charge in [0.05, 0.1) is 5.69 Å². The number of nitrogens with zero attached hydrogens (tertiary/aromatic N) is 4. The molecule has 108 valence electrons. The summed E-state index contributed by atoms with van der Waals surface area (Å²) in [6.07, 6.45) is 5.53. The number of pyridine rings is 1. The molecule has 5 nitrogen and oxygen atoms in total. The van der Waals surface area contributed by atoms with Crippen LogP contribution in [0.2, 0.25) is 0 Å². The van der Waals surface area contributed by atoms with E-state index in [1.54, 1.807) is 6.20 Å². The van der Waals surface area contributed by atoms with Gasteiger partial charge in [-0.25, -0.2) is 9.50 Å². The summed E-state index contributed by atoms with van der Waals surface area (Å²) in [6, 6.07) is 6.18. The molecule has 0 unspecified atom stereocenters. The molecule has 0 aliphatic rings. The maximum atomic E-state index is 4.56. The first-order valence-electron chi connectivity index (χ1n) is 7.13. The standard InChI is InChI=1S/C16H19N5/c1-11(2)14-8-15-16(17-6-7-21(15)20-14)19-10-13-5-4-12(3)18-9-13/h4-9,11H,10H2,1-3H3,(H,17,19). The quantitative estimate of drug-likeness (QED) is 0.798. The summed E-state index contributed by atoms with van der Waals surface area (Å²) >= 11 is 0. The number of fused-ring (bicyclic) bond motifs is 1. The zero-order valence-electron chi connectivity index (χ0n) is 12.5. The molecule has 0 aromatic carbocycles. The van der Waals surface area contributed by atoms with Crippen LogP contribution in [0.5, 0.6) is 0 Å². The highest BCUT2D eigenvalue weighted by Crippen LogP contribution is 2.20. The molecule has 1 N–H and O–H groups in total. The van der Waals surface area contributed by atoms with E-state index in [0.29, 0.717) is 12.5 Å². The van der Waals surface area contributed by atoms with Crippen molar-refractivity contribution in [1.82, 2.24) is 19.6 Å². The molecule has 3 aromatic rings. The van der Waals surface area contributed by atoms with Crippen LogP contribution in [-0.2, 0) is 6.54 Å². The summed E-state index contributed by atoms with van der Waals surface area (Å²) in [4.78, 5) is 8.72. The SMILES string of the molecule is Cc1ccc(CNc2nccn3nc(C(C)C)cc23)cn1. The van der Waals surface area contributed by atoms with Crippen LogP contribution in [0, 0.1) is 6.92 Å². The topological polar surface area (TPSA) is 55.1 Å². The van der Waals surface area contributed by atoms with E-state index in [1.165, 1.54) is 0 Å². The molecule has 0 aliphatic carbocycles. The summed E-state index contributed by atoms with van der Waals surface area (Å²) in [5, 5.41) is 7.93. The number of nitrogens with one attached hydrogen (secondary N) is 1. The van der Waals surface area contributed by atoms with Crippen molar-refractivity contribution in [2.45, 2.75) is 33.2 Å². The monoisotopic (exact) mass is 281 g/mol. The molecule has 0 saturated heterocycles. The molecular formula is C16H19N5. The van der Waals surface area contributed by atoms with E-state index in [9.17, 15) is 0 Å². The molecule has 0 aliphatic heterocycles. The van der Waals surface area contributed by atoms with Crippen molar-refractivity contribution in [2.24, 2.45) is 0 Å². The average molecular weight is 281 g/mol. The first-order valence-corrected chi connectivity index (χ1v) is 7.13. The molecule has 3 heterocycles. The summed E-state index contributed by atoms with van der Waals surface area (Å²) in [7, 11) is 0. The van der Waals surface area contributed by atoms with E-state index in [-0.39, 0.29) is 0 Å². The Hall–Kier alpha value is -2.43. The van der Waals surface area contributed by atoms with Gasteiger partial charge in [0.2, 0.25) is 0 Å². The van der Waals surface area contributed by atoms with Crippen LogP contribution in [-0.4, -0.2) is 19.6 Å². The first kappa shape index (κ1) is 13.5. The number of hydrogen-bond donors (Lipinski definition) is 1. The van der Waals surface area contributed by atoms with Gasteiger partial charge in [-0.15, -0.1) is 0 Å². The van der Waals surface area contributed by atoms with E-state index in [1.807, 2.05) is 29.9 Å². The predicted molar refractivity (Wildman–Crippen MR) is 83.4 cm³/mol. The van der Waals surface area contributed by atoms with Gasteiger partial charge in [-0.3, -0.25) is 4.98 Å². The minimum atomic E-state index is 0.402. The van der Waals surface area contributed by atoms with Crippen molar-refractivity contribution < 1.29 is 0 Å². The minimum absolute atomic E-state index is 0.402. The van der Waals surface area contributed by atoms with Crippen LogP contribution in [0.4, 0.5) is 5.82 Å². The zero-order chi connectivity index (χ0) is 14.8. The molecule has 21 heavy (non-hydrogen) atoms. The van der Waals surface area contributed by atoms with Gasteiger partial charge in [-0.1, -0.05) is 19.9 Å². The number of aryl methyl sites for hydroxylation is 1. The van der Waals surface area contributed by atoms with Crippen LogP contribution in [0.25, 0.3) is 5.52 Å². The Morgan fingerprint density at radius 3 is 2.81 bits per heavy atom. The van der Waals surface area contributed by atoms with Crippen molar-refractivity contribution in [1.29, 1.82) is 0 Å². The third kappa shape index (κ3) is 2.86. The van der Waals surface area contributed by atoms with Crippen LogP contribution < -0.4 is 5.32 Å². The second kappa shape index (κ2) is 5.52. The van der Waals surface area contributed by atoms with Crippen molar-refractivity contribution in [3.05, 3.63) is 53.7 Å². The molecule has 0 saturated carbocycles. The Labute approximate surface area is 124 Å². The molecule has 0 spiro atoms. The summed E-state index contributed by atoms with van der Waals surface area (Å²) < 4.78 is 1.87. The lowest BCUT2D eigenvalue weighted by atomic mass is 10.1. The van der Waals surface area contributed by atoms with Crippen LogP contribution in [0.3, 0.4) is 0 Å². The van der Waals surface area contributed by atoms with E-state index in [4.69, 9.17) is 0 Å². The van der Waals surface area contributed by atoms with Gasteiger partial charge in [0.25, 0.3) is 0 Å². The summed E-state index contributed by atoms with van der Waals surface area (Å²) in [6.45, 7) is 6.96. The number of aromatic nitrogens is 4. The smallest absolute Gasteiger partial charge is 0.152 e. The molecule has 5 heteroatoms. The maximum absolute atomic E-state index is 4.56.